The molecule has 0 unspecified atom stereocenters. The van der Waals surface area contributed by atoms with E-state index in [0.29, 0.717) is 29.6 Å². The molecule has 0 spiro atoms. The van der Waals surface area contributed by atoms with Gasteiger partial charge in [0.05, 0.1) is 25.4 Å². The molecule has 3 aromatic carbocycles. The molecule has 1 saturated heterocycles. The Morgan fingerprint density at radius 3 is 2.50 bits per heavy atom. The summed E-state index contributed by atoms with van der Waals surface area (Å²) in [5, 5.41) is 3.44. The Kier molecular flexibility index (Phi) is 7.54. The van der Waals surface area contributed by atoms with Crippen molar-refractivity contribution in [2.45, 2.75) is 25.0 Å². The summed E-state index contributed by atoms with van der Waals surface area (Å²) in [7, 11) is 1.56. The second-order valence-electron chi connectivity index (χ2n) is 7.92. The number of para-hydroxylation sites is 1. The highest BCUT2D eigenvalue weighted by molar-refractivity contribution is 5.99. The van der Waals surface area contributed by atoms with Gasteiger partial charge in [0.15, 0.2) is 6.61 Å². The van der Waals surface area contributed by atoms with Crippen molar-refractivity contribution >= 4 is 5.78 Å². The molecule has 0 aliphatic carbocycles. The topological polar surface area (TPSA) is 56.8 Å². The molecule has 1 aliphatic rings. The van der Waals surface area contributed by atoms with Crippen LogP contribution in [0.5, 0.6) is 11.5 Å². The molecule has 0 bridgehead atoms. The quantitative estimate of drug-likeness (QED) is 0.501. The third-order valence-electron chi connectivity index (χ3n) is 5.82. The van der Waals surface area contributed by atoms with Crippen LogP contribution in [0.15, 0.2) is 78.9 Å². The first-order chi connectivity index (χ1) is 15.7. The van der Waals surface area contributed by atoms with E-state index in [2.05, 4.69) is 29.6 Å². The number of hydrogen-bond acceptors (Lipinski definition) is 5. The first-order valence-electron chi connectivity index (χ1n) is 11.0. The zero-order valence-corrected chi connectivity index (χ0v) is 18.3. The molecular formula is C27H29NO4. The van der Waals surface area contributed by atoms with Crippen LogP contribution in [0.25, 0.3) is 0 Å². The Morgan fingerprint density at radius 1 is 0.969 bits per heavy atom. The fourth-order valence-corrected chi connectivity index (χ4v) is 4.08. The fraction of sp³-hybridized carbons (Fsp3) is 0.296. The smallest absolute Gasteiger partial charge is 0.203 e. The maximum Gasteiger partial charge on any atom is 0.203 e. The predicted molar refractivity (Wildman–Crippen MR) is 125 cm³/mol. The van der Waals surface area contributed by atoms with E-state index in [1.807, 2.05) is 42.5 Å². The van der Waals surface area contributed by atoms with Gasteiger partial charge in [-0.2, -0.15) is 0 Å². The van der Waals surface area contributed by atoms with Gasteiger partial charge in [-0.15, -0.1) is 0 Å². The normalized spacial score (nSPS) is 18.2. The van der Waals surface area contributed by atoms with E-state index < -0.39 is 0 Å². The second kappa shape index (κ2) is 10.9. The molecule has 0 amide bonds. The summed E-state index contributed by atoms with van der Waals surface area (Å²) in [6.45, 7) is 2.39. The Balaban J connectivity index is 1.36. The van der Waals surface area contributed by atoms with Crippen molar-refractivity contribution in [3.05, 3.63) is 95.6 Å². The summed E-state index contributed by atoms with van der Waals surface area (Å²) in [5.74, 6) is 1.44. The molecule has 2 atom stereocenters. The molecule has 0 saturated carbocycles. The number of ether oxygens (including phenoxy) is 3. The summed E-state index contributed by atoms with van der Waals surface area (Å²) in [4.78, 5) is 12.5. The zero-order valence-electron chi connectivity index (χ0n) is 18.3. The standard InChI is InChI=1S/C27H29NO4/c1-30-26-10-6-5-9-24(26)25(29)19-31-22-13-11-21(12-14-22)23-15-16-28-17-27(23)32-18-20-7-3-2-4-8-20/h2-14,23,27-28H,15-19H2,1H3/t23-,27+/m1/s1. The Hall–Kier alpha value is -3.15. The van der Waals surface area contributed by atoms with Crippen LogP contribution in [-0.4, -0.2) is 38.7 Å². The summed E-state index contributed by atoms with van der Waals surface area (Å²) in [6, 6.07) is 25.5. The van der Waals surface area contributed by atoms with E-state index in [-0.39, 0.29) is 18.5 Å². The molecule has 1 fully saturated rings. The van der Waals surface area contributed by atoms with Crippen LogP contribution in [0.3, 0.4) is 0 Å². The number of methoxy groups -OCH3 is 1. The van der Waals surface area contributed by atoms with E-state index in [9.17, 15) is 4.79 Å². The molecular weight excluding hydrogens is 402 g/mol. The molecule has 0 radical (unpaired) electrons. The van der Waals surface area contributed by atoms with Gasteiger partial charge in [-0.05, 0) is 48.4 Å². The maximum absolute atomic E-state index is 12.5. The van der Waals surface area contributed by atoms with Crippen molar-refractivity contribution in [2.75, 3.05) is 26.8 Å². The van der Waals surface area contributed by atoms with Crippen LogP contribution in [0.2, 0.25) is 0 Å². The van der Waals surface area contributed by atoms with Gasteiger partial charge < -0.3 is 19.5 Å². The van der Waals surface area contributed by atoms with E-state index in [1.165, 1.54) is 11.1 Å². The number of carbonyl (C=O) groups is 1. The van der Waals surface area contributed by atoms with Crippen molar-refractivity contribution < 1.29 is 19.0 Å². The fourth-order valence-electron chi connectivity index (χ4n) is 4.08. The number of ketones is 1. The lowest BCUT2D eigenvalue weighted by Gasteiger charge is -2.32. The second-order valence-corrected chi connectivity index (χ2v) is 7.92. The molecule has 166 valence electrons. The first kappa shape index (κ1) is 22.1. The predicted octanol–water partition coefficient (Wildman–Crippen LogP) is 4.62. The Labute approximate surface area is 189 Å². The van der Waals surface area contributed by atoms with Crippen LogP contribution in [0.1, 0.15) is 33.8 Å². The molecule has 1 heterocycles. The largest absolute Gasteiger partial charge is 0.496 e. The van der Waals surface area contributed by atoms with Crippen LogP contribution < -0.4 is 14.8 Å². The van der Waals surface area contributed by atoms with Gasteiger partial charge in [0.2, 0.25) is 5.78 Å². The van der Waals surface area contributed by atoms with Crippen LogP contribution in [0.4, 0.5) is 0 Å². The molecule has 3 aromatic rings. The lowest BCUT2D eigenvalue weighted by molar-refractivity contribution is 0.0106. The molecule has 32 heavy (non-hydrogen) atoms. The number of benzene rings is 3. The van der Waals surface area contributed by atoms with Gasteiger partial charge >= 0.3 is 0 Å². The van der Waals surface area contributed by atoms with Gasteiger partial charge in [0.25, 0.3) is 0 Å². The van der Waals surface area contributed by atoms with E-state index >= 15 is 0 Å². The van der Waals surface area contributed by atoms with Crippen LogP contribution in [-0.2, 0) is 11.3 Å². The first-order valence-corrected chi connectivity index (χ1v) is 11.0. The average molecular weight is 432 g/mol. The monoisotopic (exact) mass is 431 g/mol. The lowest BCUT2D eigenvalue weighted by atomic mass is 9.87. The summed E-state index contributed by atoms with van der Waals surface area (Å²) >= 11 is 0. The summed E-state index contributed by atoms with van der Waals surface area (Å²) in [6.07, 6.45) is 1.13. The maximum atomic E-state index is 12.5. The number of piperidine rings is 1. The van der Waals surface area contributed by atoms with Crippen molar-refractivity contribution in [1.29, 1.82) is 0 Å². The van der Waals surface area contributed by atoms with Crippen molar-refractivity contribution in [1.82, 2.24) is 5.32 Å². The zero-order chi connectivity index (χ0) is 22.2. The van der Waals surface area contributed by atoms with Crippen molar-refractivity contribution in [2.24, 2.45) is 0 Å². The van der Waals surface area contributed by atoms with Crippen LogP contribution >= 0.6 is 0 Å². The summed E-state index contributed by atoms with van der Waals surface area (Å²) < 4.78 is 17.3. The SMILES string of the molecule is COc1ccccc1C(=O)COc1ccc([C@H]2CCNC[C@@H]2OCc2ccccc2)cc1. The molecule has 1 N–H and O–H groups in total. The minimum absolute atomic E-state index is 0.0319. The third kappa shape index (κ3) is 5.55. The number of hydrogen-bond donors (Lipinski definition) is 1. The highest BCUT2D eigenvalue weighted by Gasteiger charge is 2.27. The van der Waals surface area contributed by atoms with Gasteiger partial charge in [-0.3, -0.25) is 4.79 Å². The van der Waals surface area contributed by atoms with Gasteiger partial charge in [0, 0.05) is 12.5 Å². The van der Waals surface area contributed by atoms with Crippen molar-refractivity contribution in [3.63, 3.8) is 0 Å². The van der Waals surface area contributed by atoms with Gasteiger partial charge in [-0.25, -0.2) is 0 Å². The Morgan fingerprint density at radius 2 is 1.72 bits per heavy atom. The minimum Gasteiger partial charge on any atom is -0.496 e. The minimum atomic E-state index is -0.112. The molecule has 0 aromatic heterocycles. The number of nitrogens with one attached hydrogen (secondary N) is 1. The van der Waals surface area contributed by atoms with Crippen molar-refractivity contribution in [3.8, 4) is 11.5 Å². The third-order valence-corrected chi connectivity index (χ3v) is 5.82. The van der Waals surface area contributed by atoms with E-state index in [1.54, 1.807) is 19.2 Å². The molecule has 4 rings (SSSR count). The number of carbonyl (C=O) groups excluding carboxylic acids is 1. The van der Waals surface area contributed by atoms with Crippen LogP contribution in [0, 0.1) is 0 Å². The molecule has 5 heteroatoms. The average Bonchev–Trinajstić information content (AvgIpc) is 2.87. The van der Waals surface area contributed by atoms with E-state index in [0.717, 1.165) is 19.5 Å². The van der Waals surface area contributed by atoms with E-state index in [4.69, 9.17) is 14.2 Å². The number of Topliss-reactive ketones (excluding diaryl/α,β-unsaturated/α-hetero) is 1. The molecule has 1 aliphatic heterocycles. The Bertz CT molecular complexity index is 1000. The lowest BCUT2D eigenvalue weighted by Crippen LogP contribution is -2.40. The highest BCUT2D eigenvalue weighted by Crippen LogP contribution is 2.30. The molecule has 5 nitrogen and oxygen atoms in total. The van der Waals surface area contributed by atoms with Gasteiger partial charge in [0.1, 0.15) is 11.5 Å². The number of rotatable bonds is 9. The highest BCUT2D eigenvalue weighted by atomic mass is 16.5. The van der Waals surface area contributed by atoms with Gasteiger partial charge in [-0.1, -0.05) is 54.6 Å². The summed E-state index contributed by atoms with van der Waals surface area (Å²) in [5.41, 5.74) is 2.94.